The van der Waals surface area contributed by atoms with Crippen LogP contribution in [0.25, 0.3) is 0 Å². The van der Waals surface area contributed by atoms with E-state index in [0.717, 1.165) is 6.42 Å². The highest BCUT2D eigenvalue weighted by atomic mass is 14.2. The van der Waals surface area contributed by atoms with Crippen LogP contribution in [0.15, 0.2) is 78.9 Å². The fourth-order valence-corrected chi connectivity index (χ4v) is 2.87. The molecule has 0 bridgehead atoms. The first-order valence-corrected chi connectivity index (χ1v) is 7.89. The molecular weight excluding hydrogens is 264 g/mol. The summed E-state index contributed by atoms with van der Waals surface area (Å²) in [6.07, 6.45) is 1.04. The highest BCUT2D eigenvalue weighted by Crippen LogP contribution is 2.28. The summed E-state index contributed by atoms with van der Waals surface area (Å²) in [6, 6.07) is 28.7. The molecule has 1 atom stereocenters. The van der Waals surface area contributed by atoms with E-state index in [4.69, 9.17) is 0 Å². The van der Waals surface area contributed by atoms with Crippen molar-refractivity contribution in [3.8, 4) is 0 Å². The van der Waals surface area contributed by atoms with Gasteiger partial charge in [-0.25, -0.2) is 0 Å². The molecule has 0 heteroatoms. The molecule has 0 spiro atoms. The van der Waals surface area contributed by atoms with E-state index in [-0.39, 0.29) is 0 Å². The molecule has 0 radical (unpaired) electrons. The predicted molar refractivity (Wildman–Crippen MR) is 94.3 cm³/mol. The average Bonchev–Trinajstić information content (AvgIpc) is 2.56. The number of benzene rings is 3. The fourth-order valence-electron chi connectivity index (χ4n) is 2.87. The Morgan fingerprint density at radius 1 is 0.591 bits per heavy atom. The van der Waals surface area contributed by atoms with Gasteiger partial charge in [0.05, 0.1) is 0 Å². The summed E-state index contributed by atoms with van der Waals surface area (Å²) in [7, 11) is 0. The average molecular weight is 286 g/mol. The molecule has 3 aromatic rings. The van der Waals surface area contributed by atoms with Crippen LogP contribution in [0.5, 0.6) is 0 Å². The summed E-state index contributed by atoms with van der Waals surface area (Å²) < 4.78 is 0. The molecule has 0 aromatic heterocycles. The molecule has 3 rings (SSSR count). The van der Waals surface area contributed by atoms with E-state index in [2.05, 4.69) is 92.7 Å². The Morgan fingerprint density at radius 3 is 1.68 bits per heavy atom. The summed E-state index contributed by atoms with van der Waals surface area (Å²) in [5.74, 6) is 0.407. The molecule has 110 valence electrons. The lowest BCUT2D eigenvalue weighted by Gasteiger charge is -2.19. The van der Waals surface area contributed by atoms with Gasteiger partial charge in [-0.3, -0.25) is 0 Å². The molecule has 0 amide bonds. The van der Waals surface area contributed by atoms with E-state index in [1.54, 1.807) is 0 Å². The van der Waals surface area contributed by atoms with E-state index < -0.39 is 0 Å². The van der Waals surface area contributed by atoms with Crippen molar-refractivity contribution in [2.24, 2.45) is 0 Å². The molecule has 22 heavy (non-hydrogen) atoms. The Bertz CT molecular complexity index is 706. The van der Waals surface area contributed by atoms with Gasteiger partial charge in [0.1, 0.15) is 0 Å². The van der Waals surface area contributed by atoms with Gasteiger partial charge in [-0.15, -0.1) is 0 Å². The van der Waals surface area contributed by atoms with Crippen LogP contribution in [0.3, 0.4) is 0 Å². The Kier molecular flexibility index (Phi) is 4.39. The van der Waals surface area contributed by atoms with Crippen LogP contribution in [-0.4, -0.2) is 0 Å². The second-order valence-electron chi connectivity index (χ2n) is 6.06. The van der Waals surface area contributed by atoms with E-state index >= 15 is 0 Å². The van der Waals surface area contributed by atoms with Crippen molar-refractivity contribution in [1.29, 1.82) is 0 Å². The van der Waals surface area contributed by atoms with Crippen molar-refractivity contribution in [2.45, 2.75) is 26.2 Å². The smallest absolute Gasteiger partial charge is 0.0130 e. The van der Waals surface area contributed by atoms with Crippen LogP contribution < -0.4 is 0 Å². The first-order chi connectivity index (χ1) is 10.7. The Balaban J connectivity index is 1.96. The molecule has 0 N–H and O–H groups in total. The van der Waals surface area contributed by atoms with Crippen molar-refractivity contribution in [1.82, 2.24) is 0 Å². The standard InChI is InChI=1S/C22H22/c1-17-8-12-19(13-9-17)16-22(20-6-4-3-5-7-20)21-14-10-18(2)11-15-21/h3-15,22H,16H2,1-2H3. The molecule has 0 aliphatic heterocycles. The zero-order valence-corrected chi connectivity index (χ0v) is 13.3. The van der Waals surface area contributed by atoms with Crippen LogP contribution in [0.1, 0.15) is 33.7 Å². The van der Waals surface area contributed by atoms with Crippen LogP contribution in [-0.2, 0) is 6.42 Å². The van der Waals surface area contributed by atoms with Crippen LogP contribution >= 0.6 is 0 Å². The minimum absolute atomic E-state index is 0.407. The van der Waals surface area contributed by atoms with E-state index in [9.17, 15) is 0 Å². The molecule has 0 aliphatic rings. The van der Waals surface area contributed by atoms with E-state index in [1.807, 2.05) is 0 Å². The maximum Gasteiger partial charge on any atom is 0.0130 e. The first kappa shape index (κ1) is 14.6. The van der Waals surface area contributed by atoms with Gasteiger partial charge >= 0.3 is 0 Å². The molecule has 0 nitrogen and oxygen atoms in total. The van der Waals surface area contributed by atoms with Gasteiger partial charge in [-0.2, -0.15) is 0 Å². The molecule has 0 saturated heterocycles. The van der Waals surface area contributed by atoms with Crippen molar-refractivity contribution >= 4 is 0 Å². The lowest BCUT2D eigenvalue weighted by Crippen LogP contribution is -2.05. The molecule has 1 unspecified atom stereocenters. The lowest BCUT2D eigenvalue weighted by molar-refractivity contribution is 0.804. The van der Waals surface area contributed by atoms with Crippen LogP contribution in [0.2, 0.25) is 0 Å². The summed E-state index contributed by atoms with van der Waals surface area (Å²) in [5, 5.41) is 0. The third-order valence-corrected chi connectivity index (χ3v) is 4.24. The normalized spacial score (nSPS) is 12.1. The quantitative estimate of drug-likeness (QED) is 0.579. The third kappa shape index (κ3) is 3.46. The minimum Gasteiger partial charge on any atom is -0.0622 e. The second kappa shape index (κ2) is 6.62. The fraction of sp³-hybridized carbons (Fsp3) is 0.182. The molecule has 0 heterocycles. The number of rotatable bonds is 4. The number of hydrogen-bond acceptors (Lipinski definition) is 0. The van der Waals surface area contributed by atoms with Gasteiger partial charge in [0.2, 0.25) is 0 Å². The Hall–Kier alpha value is -2.34. The summed E-state index contributed by atoms with van der Waals surface area (Å²) in [4.78, 5) is 0. The molecular formula is C22H22. The summed E-state index contributed by atoms with van der Waals surface area (Å²) >= 11 is 0. The van der Waals surface area contributed by atoms with E-state index in [0.29, 0.717) is 5.92 Å². The molecule has 0 aliphatic carbocycles. The number of hydrogen-bond donors (Lipinski definition) is 0. The van der Waals surface area contributed by atoms with Crippen LogP contribution in [0.4, 0.5) is 0 Å². The topological polar surface area (TPSA) is 0 Å². The van der Waals surface area contributed by atoms with Gasteiger partial charge in [0, 0.05) is 5.92 Å². The summed E-state index contributed by atoms with van der Waals surface area (Å²) in [5.41, 5.74) is 6.78. The predicted octanol–water partition coefficient (Wildman–Crippen LogP) is 5.68. The molecule has 0 fully saturated rings. The highest BCUT2D eigenvalue weighted by Gasteiger charge is 2.14. The van der Waals surface area contributed by atoms with Crippen molar-refractivity contribution in [3.63, 3.8) is 0 Å². The van der Waals surface area contributed by atoms with E-state index in [1.165, 1.54) is 27.8 Å². The summed E-state index contributed by atoms with van der Waals surface area (Å²) in [6.45, 7) is 4.28. The third-order valence-electron chi connectivity index (χ3n) is 4.24. The number of aryl methyl sites for hydroxylation is 2. The van der Waals surface area contributed by atoms with Crippen LogP contribution in [0, 0.1) is 13.8 Å². The van der Waals surface area contributed by atoms with Crippen molar-refractivity contribution in [2.75, 3.05) is 0 Å². The van der Waals surface area contributed by atoms with Gasteiger partial charge in [0.15, 0.2) is 0 Å². The van der Waals surface area contributed by atoms with Gasteiger partial charge in [-0.1, -0.05) is 90.0 Å². The zero-order valence-electron chi connectivity index (χ0n) is 13.3. The van der Waals surface area contributed by atoms with Crippen molar-refractivity contribution < 1.29 is 0 Å². The van der Waals surface area contributed by atoms with Gasteiger partial charge < -0.3 is 0 Å². The molecule has 0 saturated carbocycles. The maximum absolute atomic E-state index is 2.27. The molecule has 3 aromatic carbocycles. The van der Waals surface area contributed by atoms with Gasteiger partial charge in [0.25, 0.3) is 0 Å². The Labute approximate surface area is 133 Å². The second-order valence-corrected chi connectivity index (χ2v) is 6.06. The van der Waals surface area contributed by atoms with Crippen molar-refractivity contribution in [3.05, 3.63) is 107 Å². The Morgan fingerprint density at radius 2 is 1.09 bits per heavy atom. The lowest BCUT2D eigenvalue weighted by atomic mass is 9.85. The maximum atomic E-state index is 2.27. The van der Waals surface area contributed by atoms with Gasteiger partial charge in [-0.05, 0) is 37.0 Å². The largest absolute Gasteiger partial charge is 0.0622 e. The SMILES string of the molecule is Cc1ccc(CC(c2ccccc2)c2ccc(C)cc2)cc1. The first-order valence-electron chi connectivity index (χ1n) is 7.89. The zero-order chi connectivity index (χ0) is 15.4. The highest BCUT2D eigenvalue weighted by molar-refractivity contribution is 5.36. The monoisotopic (exact) mass is 286 g/mol. The minimum atomic E-state index is 0.407.